The van der Waals surface area contributed by atoms with E-state index < -0.39 is 17.7 Å². The molecule has 1 aromatic heterocycles. The number of anilines is 1. The summed E-state index contributed by atoms with van der Waals surface area (Å²) in [5, 5.41) is 12.3. The third kappa shape index (κ3) is 3.79. The Labute approximate surface area is 208 Å². The molecular weight excluding hydrogens is 456 g/mol. The van der Waals surface area contributed by atoms with E-state index in [1.807, 2.05) is 48.5 Å². The second kappa shape index (κ2) is 9.26. The molecule has 36 heavy (non-hydrogen) atoms. The van der Waals surface area contributed by atoms with Gasteiger partial charge < -0.3 is 19.6 Å². The van der Waals surface area contributed by atoms with Gasteiger partial charge in [0.1, 0.15) is 17.3 Å². The normalized spacial score (nSPS) is 17.1. The van der Waals surface area contributed by atoms with Crippen molar-refractivity contribution in [1.29, 1.82) is 0 Å². The molecule has 0 spiro atoms. The summed E-state index contributed by atoms with van der Waals surface area (Å²) >= 11 is 0. The van der Waals surface area contributed by atoms with Crippen LogP contribution in [0.4, 0.5) is 5.69 Å². The molecule has 182 valence electrons. The molecular formula is C29H26N2O5. The number of hydrogen-bond donors (Lipinski definition) is 2. The number of nitrogens with zero attached hydrogens (tertiary/aromatic N) is 1. The number of carbonyl (C=O) groups excluding carboxylic acids is 2. The molecule has 7 nitrogen and oxygen atoms in total. The van der Waals surface area contributed by atoms with Crippen LogP contribution in [0, 0.1) is 0 Å². The summed E-state index contributed by atoms with van der Waals surface area (Å²) in [7, 11) is 3.04. The lowest BCUT2D eigenvalue weighted by Crippen LogP contribution is -2.29. The Morgan fingerprint density at radius 2 is 1.64 bits per heavy atom. The molecule has 1 atom stereocenters. The molecule has 1 unspecified atom stereocenters. The first-order chi connectivity index (χ1) is 17.5. The number of amides is 1. The molecule has 1 saturated heterocycles. The van der Waals surface area contributed by atoms with Gasteiger partial charge >= 0.3 is 0 Å². The van der Waals surface area contributed by atoms with Gasteiger partial charge in [-0.25, -0.2) is 0 Å². The molecule has 4 aromatic rings. The van der Waals surface area contributed by atoms with Crippen LogP contribution in [0.3, 0.4) is 0 Å². The number of hydrogen-bond acceptors (Lipinski definition) is 5. The minimum absolute atomic E-state index is 0.0239. The van der Waals surface area contributed by atoms with Crippen molar-refractivity contribution in [1.82, 2.24) is 4.98 Å². The third-order valence-electron chi connectivity index (χ3n) is 6.61. The van der Waals surface area contributed by atoms with E-state index in [1.54, 1.807) is 24.4 Å². The van der Waals surface area contributed by atoms with Crippen LogP contribution < -0.4 is 14.4 Å². The maximum absolute atomic E-state index is 13.5. The number of aromatic amines is 1. The van der Waals surface area contributed by atoms with Gasteiger partial charge in [0.25, 0.3) is 11.7 Å². The molecule has 2 N–H and O–H groups in total. The quantitative estimate of drug-likeness (QED) is 0.219. The smallest absolute Gasteiger partial charge is 0.300 e. The Hall–Kier alpha value is -4.52. The molecule has 3 aromatic carbocycles. The van der Waals surface area contributed by atoms with E-state index in [-0.39, 0.29) is 11.3 Å². The number of fused-ring (bicyclic) bond motifs is 1. The van der Waals surface area contributed by atoms with Gasteiger partial charge in [-0.2, -0.15) is 0 Å². The summed E-state index contributed by atoms with van der Waals surface area (Å²) in [5.41, 5.74) is 3.55. The largest absolute Gasteiger partial charge is 0.507 e. The van der Waals surface area contributed by atoms with Gasteiger partial charge in [-0.1, -0.05) is 49.4 Å². The highest BCUT2D eigenvalue weighted by Crippen LogP contribution is 2.44. The van der Waals surface area contributed by atoms with Crippen LogP contribution in [0.15, 0.2) is 78.5 Å². The van der Waals surface area contributed by atoms with E-state index in [2.05, 4.69) is 11.9 Å². The fourth-order valence-electron chi connectivity index (χ4n) is 4.69. The highest BCUT2D eigenvalue weighted by Gasteiger charge is 2.47. The predicted octanol–water partition coefficient (Wildman–Crippen LogP) is 5.37. The Bertz CT molecular complexity index is 1480. The van der Waals surface area contributed by atoms with Crippen molar-refractivity contribution in [2.75, 3.05) is 19.1 Å². The van der Waals surface area contributed by atoms with E-state index in [4.69, 9.17) is 9.47 Å². The third-order valence-corrected chi connectivity index (χ3v) is 6.61. The topological polar surface area (TPSA) is 91.9 Å². The summed E-state index contributed by atoms with van der Waals surface area (Å²) in [6.07, 6.45) is 2.50. The Kier molecular flexibility index (Phi) is 5.98. The fraction of sp³-hybridized carbons (Fsp3) is 0.172. The number of para-hydroxylation sites is 1. The second-order valence-corrected chi connectivity index (χ2v) is 8.58. The number of methoxy groups -OCH3 is 2. The van der Waals surface area contributed by atoms with Crippen LogP contribution in [0.2, 0.25) is 0 Å². The Morgan fingerprint density at radius 1 is 0.972 bits per heavy atom. The molecule has 0 aliphatic carbocycles. The van der Waals surface area contributed by atoms with Gasteiger partial charge in [-0.3, -0.25) is 14.5 Å². The van der Waals surface area contributed by atoms with E-state index >= 15 is 0 Å². The van der Waals surface area contributed by atoms with Crippen molar-refractivity contribution in [3.63, 3.8) is 0 Å². The molecule has 1 amide bonds. The van der Waals surface area contributed by atoms with Gasteiger partial charge in [-0.05, 0) is 23.6 Å². The minimum atomic E-state index is -0.846. The van der Waals surface area contributed by atoms with Crippen molar-refractivity contribution in [2.45, 2.75) is 19.4 Å². The van der Waals surface area contributed by atoms with Crippen LogP contribution in [-0.2, 0) is 16.0 Å². The summed E-state index contributed by atoms with van der Waals surface area (Å²) in [4.78, 5) is 31.5. The number of ether oxygens (including phenoxy) is 2. The molecule has 0 saturated carbocycles. The monoisotopic (exact) mass is 482 g/mol. The number of nitrogens with one attached hydrogen (secondary N) is 1. The second-order valence-electron chi connectivity index (χ2n) is 8.58. The zero-order valence-electron chi connectivity index (χ0n) is 20.2. The van der Waals surface area contributed by atoms with Gasteiger partial charge in [0.15, 0.2) is 0 Å². The molecule has 0 bridgehead atoms. The number of aliphatic hydroxyl groups excluding tert-OH is 1. The number of ketones is 1. The van der Waals surface area contributed by atoms with Crippen LogP contribution in [0.25, 0.3) is 16.7 Å². The van der Waals surface area contributed by atoms with Gasteiger partial charge in [0.2, 0.25) is 0 Å². The average molecular weight is 483 g/mol. The maximum atomic E-state index is 13.5. The zero-order chi connectivity index (χ0) is 25.4. The Balaban J connectivity index is 1.75. The molecule has 0 radical (unpaired) electrons. The summed E-state index contributed by atoms with van der Waals surface area (Å²) < 4.78 is 10.8. The van der Waals surface area contributed by atoms with Crippen LogP contribution in [-0.4, -0.2) is 36.0 Å². The van der Waals surface area contributed by atoms with Crippen LogP contribution >= 0.6 is 0 Å². The first-order valence-electron chi connectivity index (χ1n) is 11.7. The van der Waals surface area contributed by atoms with Gasteiger partial charge in [-0.15, -0.1) is 0 Å². The lowest BCUT2D eigenvalue weighted by Gasteiger charge is -2.26. The van der Waals surface area contributed by atoms with Crippen molar-refractivity contribution >= 4 is 34.0 Å². The van der Waals surface area contributed by atoms with Crippen LogP contribution in [0.1, 0.15) is 29.7 Å². The van der Waals surface area contributed by atoms with Crippen molar-refractivity contribution in [2.24, 2.45) is 0 Å². The van der Waals surface area contributed by atoms with Crippen molar-refractivity contribution in [3.05, 3.63) is 95.2 Å². The van der Waals surface area contributed by atoms with Crippen molar-refractivity contribution < 1.29 is 24.2 Å². The number of aliphatic hydroxyl groups is 1. The number of rotatable bonds is 6. The number of Topliss-reactive ketones (excluding diaryl/α,β-unsaturated/α-hetero) is 1. The van der Waals surface area contributed by atoms with E-state index in [0.29, 0.717) is 28.3 Å². The zero-order valence-corrected chi connectivity index (χ0v) is 20.2. The fourth-order valence-corrected chi connectivity index (χ4v) is 4.69. The lowest BCUT2D eigenvalue weighted by atomic mass is 9.94. The Morgan fingerprint density at radius 3 is 2.28 bits per heavy atom. The number of aromatic nitrogens is 1. The number of H-pyrrole nitrogens is 1. The van der Waals surface area contributed by atoms with E-state index in [1.165, 1.54) is 19.1 Å². The molecule has 7 heteroatoms. The number of aryl methyl sites for hydroxylation is 1. The molecule has 1 aliphatic heterocycles. The average Bonchev–Trinajstić information content (AvgIpc) is 3.47. The molecule has 5 rings (SSSR count). The standard InChI is InChI=1S/C29H26N2O5/c1-4-17-9-11-18(12-10-17)26-25(27(32)23-16-30-24-8-6-5-7-22(23)24)28(33)29(34)31(26)19-13-20(35-2)15-21(14-19)36-3/h5-16,26,30,32H,4H2,1-3H3/b27-25-. The maximum Gasteiger partial charge on any atom is 0.300 e. The number of carbonyl (C=O) groups is 2. The van der Waals surface area contributed by atoms with Gasteiger partial charge in [0, 0.05) is 40.9 Å². The van der Waals surface area contributed by atoms with Crippen LogP contribution in [0.5, 0.6) is 11.5 Å². The predicted molar refractivity (Wildman–Crippen MR) is 138 cm³/mol. The molecule has 2 heterocycles. The number of benzene rings is 3. The van der Waals surface area contributed by atoms with Gasteiger partial charge in [0.05, 0.1) is 31.5 Å². The van der Waals surface area contributed by atoms with Crippen molar-refractivity contribution in [3.8, 4) is 11.5 Å². The summed E-state index contributed by atoms with van der Waals surface area (Å²) in [6, 6.07) is 19.4. The summed E-state index contributed by atoms with van der Waals surface area (Å²) in [5.74, 6) is -0.779. The molecule has 1 fully saturated rings. The highest BCUT2D eigenvalue weighted by atomic mass is 16.5. The van der Waals surface area contributed by atoms with E-state index in [0.717, 1.165) is 22.9 Å². The SMILES string of the molecule is CCc1ccc(C2/C(=C(/O)c3c[nH]c4ccccc34)C(=O)C(=O)N2c2cc(OC)cc(OC)c2)cc1. The molecule has 1 aliphatic rings. The van der Waals surface area contributed by atoms with E-state index in [9.17, 15) is 14.7 Å². The highest BCUT2D eigenvalue weighted by molar-refractivity contribution is 6.51. The first-order valence-corrected chi connectivity index (χ1v) is 11.7. The lowest BCUT2D eigenvalue weighted by molar-refractivity contribution is -0.132. The first kappa shape index (κ1) is 23.2. The minimum Gasteiger partial charge on any atom is -0.507 e. The summed E-state index contributed by atoms with van der Waals surface area (Å²) in [6.45, 7) is 2.06.